The molecule has 19 heteroatoms. The third-order valence-electron chi connectivity index (χ3n) is 21.8. The molecule has 0 atom stereocenters. The van der Waals surface area contributed by atoms with E-state index in [1.54, 1.807) is 7.11 Å². The van der Waals surface area contributed by atoms with Crippen molar-refractivity contribution in [1.29, 1.82) is 0 Å². The Morgan fingerprint density at radius 3 is 1.00 bits per heavy atom. The highest BCUT2D eigenvalue weighted by atomic mass is 28.5. The summed E-state index contributed by atoms with van der Waals surface area (Å²) < 4.78 is 67.0. The summed E-state index contributed by atoms with van der Waals surface area (Å²) in [6.45, 7) is 54.7. The van der Waals surface area contributed by atoms with Gasteiger partial charge in [0.05, 0.1) is 81.9 Å². The minimum Gasteiger partial charge on any atom is -0.589 e. The molecular weight excluding hydrogens is 1440 g/mol. The molecule has 0 saturated heterocycles. The van der Waals surface area contributed by atoms with Gasteiger partial charge in [0.1, 0.15) is 19.6 Å². The minimum absolute atomic E-state index is 0.410. The fraction of sp³-hybridized carbons (Fsp3) is 0.500. The molecule has 2 heterocycles. The molecule has 0 saturated carbocycles. The Morgan fingerprint density at radius 2 is 0.685 bits per heavy atom. The highest BCUT2D eigenvalue weighted by molar-refractivity contribution is 6.79. The van der Waals surface area contributed by atoms with Gasteiger partial charge < -0.3 is 44.4 Å². The van der Waals surface area contributed by atoms with Crippen molar-refractivity contribution in [2.75, 3.05) is 79.2 Å². The maximum atomic E-state index is 8.06. The number of hydrogen-bond donors (Lipinski definition) is 0. The molecule has 0 amide bonds. The standard InChI is InChI=1S/C50H82N4O6Si2.C42H52N2O2.2Al.O/c1-16-53(17-2,29-30-61(14,15)60-62(57-13,58-20-5)59-21-6)38-41-31-43(47(55)45(33-41)49(7,8)9)35-51-27-28-52-36-44-32-42(34-46(48(44)56)50(10,11)12)39-54(18-3,19-4)37-40-25-23-22-24-26-40;1-41(2,3)37-27-33(21-13-19-31-15-9-7-10-16-31)25-35(39(37)45)29-43-23-24-44-30-36-26-34(28-38(40(36)46)42(4,5)6)22-14-20-32-17-11-8-12-18-32;;;/h22-26,31-36H,16-21,27-30,37-39H2,1-15H3;7-12,15-18,25-30,45-46H,13-14,19-24H2,1-6H3;;;/q;;2*+2;/p-2. The Bertz CT molecular complexity index is 4120. The lowest BCUT2D eigenvalue weighted by Gasteiger charge is -2.40. The number of aryl methyl sites for hydroxylation is 4. The molecule has 0 bridgehead atoms. The number of hydrogen-bond acceptors (Lipinski definition) is 13. The van der Waals surface area contributed by atoms with E-state index in [0.717, 1.165) is 150 Å². The van der Waals surface area contributed by atoms with Crippen LogP contribution < -0.4 is 15.2 Å². The van der Waals surface area contributed by atoms with E-state index in [-0.39, 0.29) is 0 Å². The van der Waals surface area contributed by atoms with Crippen LogP contribution in [0.1, 0.15) is 221 Å². The second kappa shape index (κ2) is 39.8. The van der Waals surface area contributed by atoms with E-state index in [1.807, 2.05) is 38.7 Å². The van der Waals surface area contributed by atoms with Crippen LogP contribution in [0.4, 0.5) is 0 Å². The second-order valence-electron chi connectivity index (χ2n) is 35.1. The molecule has 0 aromatic heterocycles. The molecule has 2 aliphatic rings. The van der Waals surface area contributed by atoms with E-state index >= 15 is 0 Å². The van der Waals surface area contributed by atoms with Gasteiger partial charge in [0, 0.05) is 90.2 Å². The maximum Gasteiger partial charge on any atom is 1.07 e. The van der Waals surface area contributed by atoms with E-state index in [4.69, 9.17) is 55.4 Å². The molecule has 0 radical (unpaired) electrons. The molecule has 111 heavy (non-hydrogen) atoms. The first-order valence-electron chi connectivity index (χ1n) is 41.1. The fourth-order valence-corrected chi connectivity index (χ4v) is 24.6. The van der Waals surface area contributed by atoms with Crippen LogP contribution >= 0.6 is 0 Å². The van der Waals surface area contributed by atoms with Crippen molar-refractivity contribution in [1.82, 2.24) is 0 Å². The van der Waals surface area contributed by atoms with Gasteiger partial charge >= 0.3 is 39.3 Å². The van der Waals surface area contributed by atoms with Crippen molar-refractivity contribution in [3.8, 4) is 23.0 Å². The van der Waals surface area contributed by atoms with Gasteiger partial charge in [-0.3, -0.25) is 20.0 Å². The molecular formula is C92H132Al2N6O9Si2+2. The summed E-state index contributed by atoms with van der Waals surface area (Å²) in [6.07, 6.45) is 13.6. The van der Waals surface area contributed by atoms with Gasteiger partial charge in [-0.2, -0.15) is 0 Å². The third kappa shape index (κ3) is 25.1. The quantitative estimate of drug-likeness (QED) is 0.0319. The summed E-state index contributed by atoms with van der Waals surface area (Å²) in [5.74, 6) is 2.66. The Kier molecular flexibility index (Phi) is 31.8. The first kappa shape index (κ1) is 88.6. The van der Waals surface area contributed by atoms with Crippen LogP contribution in [0.15, 0.2) is 159 Å². The molecule has 15 nitrogen and oxygen atoms in total. The molecule has 7 aromatic carbocycles. The lowest BCUT2D eigenvalue weighted by molar-refractivity contribution is -0.950. The Morgan fingerprint density at radius 1 is 0.387 bits per heavy atom. The number of nitrogens with zero attached hydrogens (tertiary/aromatic N) is 6. The van der Waals surface area contributed by atoms with Crippen molar-refractivity contribution in [2.24, 2.45) is 20.0 Å². The first-order chi connectivity index (χ1) is 52.8. The molecule has 9 rings (SSSR count). The summed E-state index contributed by atoms with van der Waals surface area (Å²) in [4.78, 5) is 20.9. The maximum absolute atomic E-state index is 8.06. The number of fused-ring (bicyclic) bond motifs is 4. The first-order valence-corrected chi connectivity index (χ1v) is 48.7. The van der Waals surface area contributed by atoms with E-state index in [2.05, 4.69) is 263 Å². The van der Waals surface area contributed by atoms with Gasteiger partial charge in [-0.05, 0) is 196 Å². The summed E-state index contributed by atoms with van der Waals surface area (Å²) in [6, 6.07) is 51.9. The molecule has 2 aliphatic heterocycles. The van der Waals surface area contributed by atoms with Gasteiger partial charge in [-0.15, -0.1) is 0 Å². The normalized spacial score (nSPS) is 14.4. The van der Waals surface area contributed by atoms with E-state index in [0.29, 0.717) is 62.4 Å². The van der Waals surface area contributed by atoms with Crippen LogP contribution in [0.2, 0.25) is 19.1 Å². The van der Waals surface area contributed by atoms with Crippen molar-refractivity contribution in [3.63, 3.8) is 0 Å². The number of aliphatic imine (C=N–C) groups is 4. The summed E-state index contributed by atoms with van der Waals surface area (Å²) in [5, 5.41) is 0. The fourth-order valence-electron chi connectivity index (χ4n) is 15.1. The SMILES string of the molecule is CCO[Si](OC)(OCC)O[Si](C)(C)CC[N+](CC)(CC)Cc1cc2c(c(C(C)(C)C)c1)[O][Al]([O][Al]1[O]c3c(cc(CCCc4ccccc4)cc3C(C)(C)C)C=NCCN=Cc3cc(CCCc4ccccc4)cc(C(C)(C)C)c3[O]1)[O]c1c(cc(C[N+](CC)(CC)Cc3ccccc3)cc1C(C)(C)C)C=NCCN=C2. The number of rotatable bonds is 30. The highest BCUT2D eigenvalue weighted by Gasteiger charge is 2.56. The Hall–Kier alpha value is -6.36. The van der Waals surface area contributed by atoms with Crippen molar-refractivity contribution in [3.05, 3.63) is 223 Å². The van der Waals surface area contributed by atoms with Crippen molar-refractivity contribution in [2.45, 2.75) is 224 Å². The minimum atomic E-state index is -3.76. The zero-order chi connectivity index (χ0) is 80.3. The molecule has 0 unspecified atom stereocenters. The van der Waals surface area contributed by atoms with Gasteiger partial charge in [-0.1, -0.05) is 186 Å². The van der Waals surface area contributed by atoms with Gasteiger partial charge in [0.25, 0.3) is 0 Å². The molecule has 0 aliphatic carbocycles. The molecule has 0 N–H and O–H groups in total. The van der Waals surface area contributed by atoms with Crippen LogP contribution in [-0.4, -0.2) is 161 Å². The van der Waals surface area contributed by atoms with E-state index < -0.39 is 69.3 Å². The zero-order valence-electron chi connectivity index (χ0n) is 71.4. The van der Waals surface area contributed by atoms with Crippen LogP contribution in [0.25, 0.3) is 0 Å². The van der Waals surface area contributed by atoms with Crippen molar-refractivity contribution >= 4 is 72.5 Å². The zero-order valence-corrected chi connectivity index (χ0v) is 75.8. The predicted octanol–water partition coefficient (Wildman–Crippen LogP) is 19.8. The Labute approximate surface area is 680 Å². The van der Waals surface area contributed by atoms with Crippen LogP contribution in [0.5, 0.6) is 23.0 Å². The number of benzene rings is 7. The summed E-state index contributed by atoms with van der Waals surface area (Å²) >= 11 is -7.49. The smallest absolute Gasteiger partial charge is 0.589 e. The summed E-state index contributed by atoms with van der Waals surface area (Å²) in [7, 11) is -4.17. The third-order valence-corrected chi connectivity index (χ3v) is 31.7. The summed E-state index contributed by atoms with van der Waals surface area (Å²) in [5.41, 5.74) is 14.5. The largest absolute Gasteiger partial charge is 1.07 e. The monoisotopic (exact) mass is 1570 g/mol. The second-order valence-corrected chi connectivity index (χ2v) is 45.1. The molecule has 7 aromatic rings. The molecule has 596 valence electrons. The average molecular weight is 1580 g/mol. The highest BCUT2D eigenvalue weighted by Crippen LogP contribution is 2.43. The van der Waals surface area contributed by atoms with Crippen LogP contribution in [0.3, 0.4) is 0 Å². The van der Waals surface area contributed by atoms with Gasteiger partial charge in [0.15, 0.2) is 8.32 Å². The van der Waals surface area contributed by atoms with Crippen LogP contribution in [0, 0.1) is 0 Å². The van der Waals surface area contributed by atoms with E-state index in [1.165, 1.54) is 38.9 Å². The lowest BCUT2D eigenvalue weighted by Crippen LogP contribution is -2.57. The molecule has 0 fully saturated rings. The molecule has 0 spiro atoms. The lowest BCUT2D eigenvalue weighted by atomic mass is 9.83. The van der Waals surface area contributed by atoms with E-state index in [9.17, 15) is 0 Å². The number of quaternary nitrogens is 2. The predicted molar refractivity (Wildman–Crippen MR) is 467 cm³/mol. The van der Waals surface area contributed by atoms with Gasteiger partial charge in [0.2, 0.25) is 0 Å². The Balaban J connectivity index is 1.27. The average Bonchev–Trinajstić information content (AvgIpc) is 1.26. The van der Waals surface area contributed by atoms with Gasteiger partial charge in [-0.25, -0.2) is 0 Å². The van der Waals surface area contributed by atoms with Crippen LogP contribution in [-0.2, 0) is 87.2 Å². The topological polar surface area (TPSA) is 133 Å². The van der Waals surface area contributed by atoms with Crippen molar-refractivity contribution < 1.29 is 44.4 Å².